The molecule has 2 amide bonds. The first kappa shape index (κ1) is 29.3. The van der Waals surface area contributed by atoms with Crippen molar-refractivity contribution < 1.29 is 27.9 Å². The molecule has 0 saturated heterocycles. The molecule has 3 aromatic heterocycles. The van der Waals surface area contributed by atoms with Crippen molar-refractivity contribution in [2.45, 2.75) is 45.2 Å². The molecule has 1 unspecified atom stereocenters. The summed E-state index contributed by atoms with van der Waals surface area (Å²) in [4.78, 5) is 28.8. The first-order valence-corrected chi connectivity index (χ1v) is 12.7. The highest BCUT2D eigenvalue weighted by Gasteiger charge is 2.30. The minimum absolute atomic E-state index is 0.0211. The third-order valence-corrected chi connectivity index (χ3v) is 6.16. The summed E-state index contributed by atoms with van der Waals surface area (Å²) >= 11 is 0. The molecule has 1 aromatic carbocycles. The summed E-state index contributed by atoms with van der Waals surface area (Å²) in [5.41, 5.74) is 0.130. The lowest BCUT2D eigenvalue weighted by molar-refractivity contribution is -0.137. The fraction of sp³-hybridized carbons (Fsp3) is 0.346. The topological polar surface area (TPSA) is 153 Å². The van der Waals surface area contributed by atoms with Crippen LogP contribution in [0.3, 0.4) is 0 Å². The molecule has 2 atom stereocenters. The van der Waals surface area contributed by atoms with E-state index in [4.69, 9.17) is 0 Å². The SMILES string of the molecule is CC(CCn1cc(C(=O)N[C@@H](CO)c2ccccc2)nn1)Cn1cc(C(=O)NCc2cc(C(F)(F)F)ccn2)nn1. The number of alkyl halides is 3. The summed E-state index contributed by atoms with van der Waals surface area (Å²) < 4.78 is 41.6. The van der Waals surface area contributed by atoms with Gasteiger partial charge in [-0.3, -0.25) is 23.9 Å². The number of hydrogen-bond donors (Lipinski definition) is 3. The van der Waals surface area contributed by atoms with Crippen LogP contribution in [0.2, 0.25) is 0 Å². The Kier molecular flexibility index (Phi) is 9.39. The monoisotopic (exact) mass is 571 g/mol. The number of aryl methyl sites for hydroxylation is 1. The van der Waals surface area contributed by atoms with E-state index in [0.717, 1.165) is 23.9 Å². The number of amides is 2. The number of carbonyl (C=O) groups is 2. The van der Waals surface area contributed by atoms with Crippen molar-refractivity contribution in [3.05, 3.63) is 89.3 Å². The number of carbonyl (C=O) groups excluding carboxylic acids is 2. The third-order valence-electron chi connectivity index (χ3n) is 6.16. The summed E-state index contributed by atoms with van der Waals surface area (Å²) in [5.74, 6) is -0.961. The Balaban J connectivity index is 1.23. The van der Waals surface area contributed by atoms with Crippen LogP contribution in [0.5, 0.6) is 0 Å². The Morgan fingerprint density at radius 3 is 2.39 bits per heavy atom. The number of aliphatic hydroxyl groups excluding tert-OH is 1. The second-order valence-electron chi connectivity index (χ2n) is 9.42. The van der Waals surface area contributed by atoms with Crippen molar-refractivity contribution in [1.82, 2.24) is 45.6 Å². The summed E-state index contributed by atoms with van der Waals surface area (Å²) in [5, 5.41) is 30.6. The molecule has 4 aromatic rings. The lowest BCUT2D eigenvalue weighted by Crippen LogP contribution is -2.31. The van der Waals surface area contributed by atoms with E-state index in [9.17, 15) is 27.9 Å². The van der Waals surface area contributed by atoms with Gasteiger partial charge in [0.15, 0.2) is 11.4 Å². The van der Waals surface area contributed by atoms with Crippen molar-refractivity contribution in [3.8, 4) is 0 Å². The molecule has 41 heavy (non-hydrogen) atoms. The highest BCUT2D eigenvalue weighted by atomic mass is 19.4. The van der Waals surface area contributed by atoms with Gasteiger partial charge in [-0.2, -0.15) is 13.2 Å². The molecule has 216 valence electrons. The molecule has 0 aliphatic rings. The normalized spacial score (nSPS) is 13.0. The number of halogens is 3. The third kappa shape index (κ3) is 8.17. The number of rotatable bonds is 12. The predicted octanol–water partition coefficient (Wildman–Crippen LogP) is 2.40. The molecule has 0 saturated carbocycles. The smallest absolute Gasteiger partial charge is 0.394 e. The highest BCUT2D eigenvalue weighted by Crippen LogP contribution is 2.29. The Hall–Kier alpha value is -4.66. The molecule has 0 aliphatic carbocycles. The molecule has 0 radical (unpaired) electrons. The zero-order chi connectivity index (χ0) is 29.4. The van der Waals surface area contributed by atoms with E-state index < -0.39 is 29.6 Å². The van der Waals surface area contributed by atoms with Gasteiger partial charge in [-0.1, -0.05) is 47.7 Å². The number of aliphatic hydroxyl groups is 1. The quantitative estimate of drug-likeness (QED) is 0.234. The molecule has 0 spiro atoms. The van der Waals surface area contributed by atoms with Gasteiger partial charge in [-0.05, 0) is 30.0 Å². The fourth-order valence-electron chi connectivity index (χ4n) is 3.93. The second kappa shape index (κ2) is 13.1. The average molecular weight is 572 g/mol. The van der Waals surface area contributed by atoms with Gasteiger partial charge in [0, 0.05) is 19.3 Å². The molecule has 0 aliphatic heterocycles. The number of aromatic nitrogens is 7. The van der Waals surface area contributed by atoms with Gasteiger partial charge in [-0.15, -0.1) is 10.2 Å². The van der Waals surface area contributed by atoms with E-state index in [1.807, 2.05) is 37.3 Å². The maximum absolute atomic E-state index is 12.9. The van der Waals surface area contributed by atoms with Crippen molar-refractivity contribution >= 4 is 11.8 Å². The minimum Gasteiger partial charge on any atom is -0.394 e. The fourth-order valence-corrected chi connectivity index (χ4v) is 3.93. The standard InChI is InChI=1S/C26H28F3N9O3/c1-17(8-10-37-14-22(34-35-37)25(41)32-23(16-39)18-5-3-2-4-6-18)13-38-15-21(33-36-38)24(40)31-12-20-11-19(7-9-30-20)26(27,28)29/h2-7,9,11,14-15,17,23,39H,8,10,12-13,16H2,1H3,(H,31,40)(H,32,41)/t17?,23-/m0/s1. The zero-order valence-electron chi connectivity index (χ0n) is 22.0. The van der Waals surface area contributed by atoms with Crippen molar-refractivity contribution in [3.63, 3.8) is 0 Å². The molecule has 15 heteroatoms. The lowest BCUT2D eigenvalue weighted by Gasteiger charge is -2.15. The maximum Gasteiger partial charge on any atom is 0.416 e. The first-order chi connectivity index (χ1) is 19.6. The highest BCUT2D eigenvalue weighted by molar-refractivity contribution is 5.92. The number of nitrogens with one attached hydrogen (secondary N) is 2. The lowest BCUT2D eigenvalue weighted by atomic mass is 10.1. The van der Waals surface area contributed by atoms with E-state index in [1.165, 1.54) is 17.1 Å². The molecular weight excluding hydrogens is 543 g/mol. The van der Waals surface area contributed by atoms with Gasteiger partial charge in [0.25, 0.3) is 11.8 Å². The van der Waals surface area contributed by atoms with E-state index in [-0.39, 0.29) is 36.2 Å². The van der Waals surface area contributed by atoms with Gasteiger partial charge < -0.3 is 15.7 Å². The molecular formula is C26H28F3N9O3. The summed E-state index contributed by atoms with van der Waals surface area (Å²) in [7, 11) is 0. The van der Waals surface area contributed by atoms with Gasteiger partial charge in [0.1, 0.15) is 0 Å². The molecule has 4 rings (SSSR count). The molecule has 12 nitrogen and oxygen atoms in total. The van der Waals surface area contributed by atoms with E-state index in [2.05, 4.69) is 36.2 Å². The van der Waals surface area contributed by atoms with Crippen molar-refractivity contribution in [2.75, 3.05) is 6.61 Å². The van der Waals surface area contributed by atoms with Gasteiger partial charge in [-0.25, -0.2) is 0 Å². The van der Waals surface area contributed by atoms with Crippen LogP contribution in [-0.2, 0) is 25.8 Å². The minimum atomic E-state index is -4.50. The summed E-state index contributed by atoms with van der Waals surface area (Å²) in [6, 6.07) is 10.3. The number of hydrogen-bond acceptors (Lipinski definition) is 8. The van der Waals surface area contributed by atoms with E-state index >= 15 is 0 Å². The number of pyridine rings is 1. The molecule has 3 N–H and O–H groups in total. The maximum atomic E-state index is 12.9. The summed E-state index contributed by atoms with van der Waals surface area (Å²) in [6.45, 7) is 2.41. The molecule has 0 bridgehead atoms. The van der Waals surface area contributed by atoms with Crippen LogP contribution in [0, 0.1) is 5.92 Å². The largest absolute Gasteiger partial charge is 0.416 e. The van der Waals surface area contributed by atoms with Crippen LogP contribution in [0.15, 0.2) is 61.1 Å². The van der Waals surface area contributed by atoms with Crippen LogP contribution in [-0.4, -0.2) is 58.5 Å². The first-order valence-electron chi connectivity index (χ1n) is 12.7. The Morgan fingerprint density at radius 2 is 1.68 bits per heavy atom. The van der Waals surface area contributed by atoms with Gasteiger partial charge in [0.2, 0.25) is 0 Å². The van der Waals surface area contributed by atoms with Crippen molar-refractivity contribution in [1.29, 1.82) is 0 Å². The van der Waals surface area contributed by atoms with Gasteiger partial charge in [0.05, 0.1) is 42.8 Å². The molecule has 3 heterocycles. The van der Waals surface area contributed by atoms with E-state index in [0.29, 0.717) is 19.5 Å². The Labute approximate surface area is 232 Å². The second-order valence-corrected chi connectivity index (χ2v) is 9.42. The number of nitrogens with zero attached hydrogens (tertiary/aromatic N) is 7. The zero-order valence-corrected chi connectivity index (χ0v) is 22.0. The van der Waals surface area contributed by atoms with Crippen LogP contribution >= 0.6 is 0 Å². The average Bonchev–Trinajstić information content (AvgIpc) is 3.64. The van der Waals surface area contributed by atoms with Crippen LogP contribution < -0.4 is 10.6 Å². The van der Waals surface area contributed by atoms with Gasteiger partial charge >= 0.3 is 6.18 Å². The van der Waals surface area contributed by atoms with Crippen LogP contribution in [0.25, 0.3) is 0 Å². The Bertz CT molecular complexity index is 1460. The Morgan fingerprint density at radius 1 is 1.00 bits per heavy atom. The van der Waals surface area contributed by atoms with E-state index in [1.54, 1.807) is 4.68 Å². The summed E-state index contributed by atoms with van der Waals surface area (Å²) in [6.07, 6.45) is 0.163. The predicted molar refractivity (Wildman–Crippen MR) is 138 cm³/mol. The number of benzene rings is 1. The molecule has 0 fully saturated rings. The van der Waals surface area contributed by atoms with Crippen LogP contribution in [0.4, 0.5) is 13.2 Å². The van der Waals surface area contributed by atoms with Crippen molar-refractivity contribution in [2.24, 2.45) is 5.92 Å². The van der Waals surface area contributed by atoms with Crippen LogP contribution in [0.1, 0.15) is 57.2 Å².